The fourth-order valence-electron chi connectivity index (χ4n) is 3.44. The minimum absolute atomic E-state index is 0.0667. The molecule has 0 spiro atoms. The number of nitrogens with one attached hydrogen (secondary N) is 1. The highest BCUT2D eigenvalue weighted by Crippen LogP contribution is 2.33. The number of hydrogen-bond acceptors (Lipinski definition) is 4. The summed E-state index contributed by atoms with van der Waals surface area (Å²) in [5.41, 5.74) is 3.97. The van der Waals surface area contributed by atoms with Crippen molar-refractivity contribution in [2.75, 3.05) is 13.1 Å². The maximum absolute atomic E-state index is 12.7. The molecule has 0 bridgehead atoms. The highest BCUT2D eigenvalue weighted by atomic mass is 16.2. The fraction of sp³-hybridized carbons (Fsp3) is 0.263. The zero-order valence-electron chi connectivity index (χ0n) is 13.8. The molecule has 6 nitrogen and oxygen atoms in total. The van der Waals surface area contributed by atoms with Crippen molar-refractivity contribution in [1.82, 2.24) is 25.1 Å². The van der Waals surface area contributed by atoms with E-state index in [1.54, 1.807) is 36.9 Å². The van der Waals surface area contributed by atoms with Crippen molar-refractivity contribution < 1.29 is 4.79 Å². The standard InChI is InChI=1S/C19H19N5O/c25-19(15-5-9-21-10-6-15)24-11-1-2-16(13-24)18-17(12-22-23-18)14-3-7-20-8-4-14/h3-10,12,16H,1-2,11,13H2,(H,22,23). The van der Waals surface area contributed by atoms with E-state index in [-0.39, 0.29) is 11.8 Å². The van der Waals surface area contributed by atoms with Crippen LogP contribution in [-0.2, 0) is 0 Å². The summed E-state index contributed by atoms with van der Waals surface area (Å²) in [6.45, 7) is 1.48. The molecule has 25 heavy (non-hydrogen) atoms. The Hall–Kier alpha value is -3.02. The number of pyridine rings is 2. The minimum atomic E-state index is 0.0667. The lowest BCUT2D eigenvalue weighted by atomic mass is 9.90. The Kier molecular flexibility index (Phi) is 4.24. The minimum Gasteiger partial charge on any atom is -0.338 e. The Bertz CT molecular complexity index is 847. The second kappa shape index (κ2) is 6.84. The first-order valence-electron chi connectivity index (χ1n) is 8.46. The van der Waals surface area contributed by atoms with Crippen LogP contribution in [0.4, 0.5) is 0 Å². The van der Waals surface area contributed by atoms with Gasteiger partial charge in [0.25, 0.3) is 5.91 Å². The summed E-state index contributed by atoms with van der Waals surface area (Å²) in [5, 5.41) is 7.40. The lowest BCUT2D eigenvalue weighted by molar-refractivity contribution is 0.0706. The Labute approximate surface area is 145 Å². The molecule has 6 heteroatoms. The first kappa shape index (κ1) is 15.5. The van der Waals surface area contributed by atoms with Crippen LogP contribution in [0.5, 0.6) is 0 Å². The van der Waals surface area contributed by atoms with Gasteiger partial charge in [0.15, 0.2) is 0 Å². The third-order valence-electron chi connectivity index (χ3n) is 4.70. The number of piperidine rings is 1. The number of aromatic amines is 1. The molecular weight excluding hydrogens is 314 g/mol. The topological polar surface area (TPSA) is 74.8 Å². The molecular formula is C19H19N5O. The molecule has 0 aliphatic carbocycles. The predicted molar refractivity (Wildman–Crippen MR) is 93.9 cm³/mol. The molecule has 1 saturated heterocycles. The quantitative estimate of drug-likeness (QED) is 0.800. The lowest BCUT2D eigenvalue weighted by Gasteiger charge is -2.32. The van der Waals surface area contributed by atoms with Crippen molar-refractivity contribution >= 4 is 5.91 Å². The molecule has 4 heterocycles. The summed E-state index contributed by atoms with van der Waals surface area (Å²) in [6, 6.07) is 7.50. The highest BCUT2D eigenvalue weighted by Gasteiger charge is 2.28. The molecule has 1 fully saturated rings. The molecule has 0 saturated carbocycles. The van der Waals surface area contributed by atoms with Crippen LogP contribution in [0.3, 0.4) is 0 Å². The zero-order chi connectivity index (χ0) is 17.1. The fourth-order valence-corrected chi connectivity index (χ4v) is 3.44. The highest BCUT2D eigenvalue weighted by molar-refractivity contribution is 5.94. The molecule has 1 N–H and O–H groups in total. The van der Waals surface area contributed by atoms with Crippen LogP contribution < -0.4 is 0 Å². The Balaban J connectivity index is 1.57. The maximum atomic E-state index is 12.7. The molecule has 1 aliphatic heterocycles. The van der Waals surface area contributed by atoms with E-state index in [0.717, 1.165) is 36.2 Å². The Morgan fingerprint density at radius 3 is 2.56 bits per heavy atom. The average molecular weight is 333 g/mol. The van der Waals surface area contributed by atoms with Gasteiger partial charge < -0.3 is 4.90 Å². The third-order valence-corrected chi connectivity index (χ3v) is 4.70. The second-order valence-corrected chi connectivity index (χ2v) is 6.26. The van der Waals surface area contributed by atoms with Gasteiger partial charge in [-0.2, -0.15) is 5.10 Å². The molecule has 1 atom stereocenters. The number of aromatic nitrogens is 4. The van der Waals surface area contributed by atoms with E-state index < -0.39 is 0 Å². The number of rotatable bonds is 3. The van der Waals surface area contributed by atoms with Gasteiger partial charge in [0, 0.05) is 60.6 Å². The SMILES string of the molecule is O=C(c1ccncc1)N1CCCC(c2[nH]ncc2-c2ccncc2)C1. The molecule has 1 aliphatic rings. The van der Waals surface area contributed by atoms with Crippen LogP contribution in [0.25, 0.3) is 11.1 Å². The Morgan fingerprint density at radius 2 is 1.80 bits per heavy atom. The smallest absolute Gasteiger partial charge is 0.253 e. The molecule has 0 aromatic carbocycles. The van der Waals surface area contributed by atoms with Crippen molar-refractivity contribution in [3.8, 4) is 11.1 Å². The average Bonchev–Trinajstić information content (AvgIpc) is 3.19. The Morgan fingerprint density at radius 1 is 1.08 bits per heavy atom. The molecule has 3 aromatic rings. The van der Waals surface area contributed by atoms with Gasteiger partial charge in [-0.05, 0) is 42.7 Å². The summed E-state index contributed by atoms with van der Waals surface area (Å²) in [4.78, 5) is 22.7. The van der Waals surface area contributed by atoms with E-state index in [0.29, 0.717) is 12.1 Å². The second-order valence-electron chi connectivity index (χ2n) is 6.26. The molecule has 1 amide bonds. The van der Waals surface area contributed by atoms with Crippen LogP contribution in [0.1, 0.15) is 34.8 Å². The summed E-state index contributed by atoms with van der Waals surface area (Å²) in [5.74, 6) is 0.322. The molecule has 1 unspecified atom stereocenters. The summed E-state index contributed by atoms with van der Waals surface area (Å²) in [7, 11) is 0. The van der Waals surface area contributed by atoms with Gasteiger partial charge in [0.2, 0.25) is 0 Å². The summed E-state index contributed by atoms with van der Waals surface area (Å²) in [6.07, 6.45) is 10.8. The normalized spacial score (nSPS) is 17.4. The molecule has 126 valence electrons. The summed E-state index contributed by atoms with van der Waals surface area (Å²) >= 11 is 0. The van der Waals surface area contributed by atoms with E-state index in [9.17, 15) is 4.79 Å². The van der Waals surface area contributed by atoms with Crippen molar-refractivity contribution in [2.24, 2.45) is 0 Å². The lowest BCUT2D eigenvalue weighted by Crippen LogP contribution is -2.39. The number of likely N-dealkylation sites (tertiary alicyclic amines) is 1. The first-order chi connectivity index (χ1) is 12.3. The van der Waals surface area contributed by atoms with Gasteiger partial charge in [-0.1, -0.05) is 0 Å². The van der Waals surface area contributed by atoms with Crippen LogP contribution >= 0.6 is 0 Å². The van der Waals surface area contributed by atoms with Crippen molar-refractivity contribution in [2.45, 2.75) is 18.8 Å². The van der Waals surface area contributed by atoms with Crippen molar-refractivity contribution in [1.29, 1.82) is 0 Å². The van der Waals surface area contributed by atoms with E-state index in [2.05, 4.69) is 20.2 Å². The number of H-pyrrole nitrogens is 1. The number of amides is 1. The van der Waals surface area contributed by atoms with E-state index in [1.165, 1.54) is 0 Å². The largest absolute Gasteiger partial charge is 0.338 e. The predicted octanol–water partition coefficient (Wildman–Crippen LogP) is 2.89. The summed E-state index contributed by atoms with van der Waals surface area (Å²) < 4.78 is 0. The van der Waals surface area contributed by atoms with E-state index in [1.807, 2.05) is 23.2 Å². The van der Waals surface area contributed by atoms with Crippen LogP contribution in [0.2, 0.25) is 0 Å². The van der Waals surface area contributed by atoms with Gasteiger partial charge in [-0.15, -0.1) is 0 Å². The van der Waals surface area contributed by atoms with Crippen molar-refractivity contribution in [3.05, 3.63) is 66.5 Å². The number of carbonyl (C=O) groups is 1. The van der Waals surface area contributed by atoms with Gasteiger partial charge in [0.1, 0.15) is 0 Å². The number of hydrogen-bond donors (Lipinski definition) is 1. The van der Waals surface area contributed by atoms with Gasteiger partial charge in [0.05, 0.1) is 6.20 Å². The zero-order valence-corrected chi connectivity index (χ0v) is 13.8. The number of nitrogens with zero attached hydrogens (tertiary/aromatic N) is 4. The van der Waals surface area contributed by atoms with E-state index >= 15 is 0 Å². The molecule has 3 aromatic heterocycles. The van der Waals surface area contributed by atoms with Crippen molar-refractivity contribution in [3.63, 3.8) is 0 Å². The van der Waals surface area contributed by atoms with E-state index in [4.69, 9.17) is 0 Å². The maximum Gasteiger partial charge on any atom is 0.253 e. The molecule has 4 rings (SSSR count). The van der Waals surface area contributed by atoms with Crippen LogP contribution in [0, 0.1) is 0 Å². The van der Waals surface area contributed by atoms with Crippen LogP contribution in [-0.4, -0.2) is 44.1 Å². The van der Waals surface area contributed by atoms with Gasteiger partial charge in [-0.25, -0.2) is 0 Å². The van der Waals surface area contributed by atoms with Crippen LogP contribution in [0.15, 0.2) is 55.2 Å². The van der Waals surface area contributed by atoms with Gasteiger partial charge in [-0.3, -0.25) is 19.9 Å². The van der Waals surface area contributed by atoms with Gasteiger partial charge >= 0.3 is 0 Å². The third kappa shape index (κ3) is 3.15. The monoisotopic (exact) mass is 333 g/mol. The number of carbonyl (C=O) groups excluding carboxylic acids is 1. The molecule has 0 radical (unpaired) electrons. The first-order valence-corrected chi connectivity index (χ1v) is 8.46.